The SMILES string of the molecule is O=C(CCC(=O)c1ccc(F)cc1)NC(CCO)C1CCCCC1. The van der Waals surface area contributed by atoms with Crippen molar-refractivity contribution in [3.63, 3.8) is 0 Å². The van der Waals surface area contributed by atoms with Gasteiger partial charge in [-0.05, 0) is 49.4 Å². The maximum Gasteiger partial charge on any atom is 0.220 e. The average molecular weight is 335 g/mol. The molecule has 0 bridgehead atoms. The topological polar surface area (TPSA) is 66.4 Å². The van der Waals surface area contributed by atoms with Crippen molar-refractivity contribution in [2.24, 2.45) is 5.92 Å². The molecule has 1 unspecified atom stereocenters. The molecule has 1 aliphatic carbocycles. The molecule has 1 aromatic rings. The van der Waals surface area contributed by atoms with E-state index in [1.165, 1.54) is 43.5 Å². The molecule has 24 heavy (non-hydrogen) atoms. The molecular formula is C19H26FNO3. The fourth-order valence-corrected chi connectivity index (χ4v) is 3.39. The maximum atomic E-state index is 12.9. The Kier molecular flexibility index (Phi) is 7.37. The number of rotatable bonds is 8. The molecule has 5 heteroatoms. The number of hydrogen-bond acceptors (Lipinski definition) is 3. The highest BCUT2D eigenvalue weighted by atomic mass is 19.1. The Morgan fingerprint density at radius 1 is 1.12 bits per heavy atom. The van der Waals surface area contributed by atoms with Gasteiger partial charge in [-0.2, -0.15) is 0 Å². The third kappa shape index (κ3) is 5.71. The zero-order valence-electron chi connectivity index (χ0n) is 14.0. The molecule has 0 saturated heterocycles. The van der Waals surface area contributed by atoms with Crippen LogP contribution in [0.25, 0.3) is 0 Å². The molecule has 1 amide bonds. The summed E-state index contributed by atoms with van der Waals surface area (Å²) in [6, 6.07) is 5.35. The number of nitrogens with one attached hydrogen (secondary N) is 1. The molecule has 0 radical (unpaired) electrons. The Balaban J connectivity index is 1.81. The van der Waals surface area contributed by atoms with E-state index >= 15 is 0 Å². The van der Waals surface area contributed by atoms with Gasteiger partial charge >= 0.3 is 0 Å². The summed E-state index contributed by atoms with van der Waals surface area (Å²) in [6.07, 6.45) is 6.53. The molecule has 0 aliphatic heterocycles. The number of hydrogen-bond donors (Lipinski definition) is 2. The number of aliphatic hydroxyl groups is 1. The molecule has 1 saturated carbocycles. The lowest BCUT2D eigenvalue weighted by atomic mass is 9.82. The number of ketones is 1. The van der Waals surface area contributed by atoms with Crippen LogP contribution in [0.4, 0.5) is 4.39 Å². The first kappa shape index (κ1) is 18.6. The summed E-state index contributed by atoms with van der Waals surface area (Å²) in [5.41, 5.74) is 0.420. The van der Waals surface area contributed by atoms with E-state index in [0.717, 1.165) is 12.8 Å². The van der Waals surface area contributed by atoms with Crippen molar-refractivity contribution in [2.45, 2.75) is 57.4 Å². The molecule has 4 nitrogen and oxygen atoms in total. The fourth-order valence-electron chi connectivity index (χ4n) is 3.39. The molecule has 0 spiro atoms. The van der Waals surface area contributed by atoms with E-state index in [1.807, 2.05) is 0 Å². The zero-order valence-corrected chi connectivity index (χ0v) is 14.0. The highest BCUT2D eigenvalue weighted by molar-refractivity contribution is 5.97. The summed E-state index contributed by atoms with van der Waals surface area (Å²) < 4.78 is 12.9. The Hall–Kier alpha value is -1.75. The first-order valence-electron chi connectivity index (χ1n) is 8.79. The summed E-state index contributed by atoms with van der Waals surface area (Å²) in [4.78, 5) is 24.2. The minimum absolute atomic E-state index is 0.0104. The molecule has 2 rings (SSSR count). The van der Waals surface area contributed by atoms with Crippen LogP contribution in [0.5, 0.6) is 0 Å². The van der Waals surface area contributed by atoms with E-state index in [2.05, 4.69) is 5.32 Å². The fraction of sp³-hybridized carbons (Fsp3) is 0.579. The Labute approximate surface area is 142 Å². The number of carbonyl (C=O) groups excluding carboxylic acids is 2. The van der Waals surface area contributed by atoms with Crippen LogP contribution in [0.2, 0.25) is 0 Å². The quantitative estimate of drug-likeness (QED) is 0.717. The number of carbonyl (C=O) groups is 2. The Morgan fingerprint density at radius 3 is 2.42 bits per heavy atom. The van der Waals surface area contributed by atoms with E-state index in [9.17, 15) is 19.1 Å². The first-order valence-corrected chi connectivity index (χ1v) is 8.79. The normalized spacial score (nSPS) is 16.6. The lowest BCUT2D eigenvalue weighted by Crippen LogP contribution is -2.41. The van der Waals surface area contributed by atoms with Crippen molar-refractivity contribution < 1.29 is 19.1 Å². The summed E-state index contributed by atoms with van der Waals surface area (Å²) in [6.45, 7) is 0.0515. The van der Waals surface area contributed by atoms with Crippen LogP contribution in [-0.4, -0.2) is 29.4 Å². The maximum absolute atomic E-state index is 12.9. The van der Waals surface area contributed by atoms with Gasteiger partial charge in [-0.15, -0.1) is 0 Å². The lowest BCUT2D eigenvalue weighted by molar-refractivity contribution is -0.122. The van der Waals surface area contributed by atoms with E-state index in [0.29, 0.717) is 17.9 Å². The molecule has 0 heterocycles. The number of Topliss-reactive ketones (excluding diaryl/α,β-unsaturated/α-hetero) is 1. The minimum Gasteiger partial charge on any atom is -0.396 e. The Bertz CT molecular complexity index is 538. The van der Waals surface area contributed by atoms with Crippen molar-refractivity contribution in [3.05, 3.63) is 35.6 Å². The van der Waals surface area contributed by atoms with Crippen molar-refractivity contribution in [3.8, 4) is 0 Å². The third-order valence-corrected chi connectivity index (χ3v) is 4.75. The highest BCUT2D eigenvalue weighted by Crippen LogP contribution is 2.27. The molecule has 2 N–H and O–H groups in total. The molecule has 132 valence electrons. The summed E-state index contributed by atoms with van der Waals surface area (Å²) in [7, 11) is 0. The van der Waals surface area contributed by atoms with Gasteiger partial charge in [0.1, 0.15) is 5.82 Å². The minimum atomic E-state index is -0.386. The summed E-state index contributed by atoms with van der Waals surface area (Å²) in [5, 5.41) is 12.2. The number of benzene rings is 1. The zero-order chi connectivity index (χ0) is 17.4. The molecular weight excluding hydrogens is 309 g/mol. The predicted molar refractivity (Wildman–Crippen MR) is 90.2 cm³/mol. The smallest absolute Gasteiger partial charge is 0.220 e. The van der Waals surface area contributed by atoms with Crippen molar-refractivity contribution in [2.75, 3.05) is 6.61 Å². The summed E-state index contributed by atoms with van der Waals surface area (Å²) >= 11 is 0. The van der Waals surface area contributed by atoms with E-state index in [4.69, 9.17) is 0 Å². The number of aliphatic hydroxyl groups excluding tert-OH is 1. The van der Waals surface area contributed by atoms with Gasteiger partial charge in [0.2, 0.25) is 5.91 Å². The van der Waals surface area contributed by atoms with Crippen LogP contribution < -0.4 is 5.32 Å². The van der Waals surface area contributed by atoms with Crippen LogP contribution in [-0.2, 0) is 4.79 Å². The van der Waals surface area contributed by atoms with Gasteiger partial charge in [0.15, 0.2) is 5.78 Å². The largest absolute Gasteiger partial charge is 0.396 e. The first-order chi connectivity index (χ1) is 11.6. The second-order valence-corrected chi connectivity index (χ2v) is 6.51. The predicted octanol–water partition coefficient (Wildman–Crippen LogP) is 3.24. The van der Waals surface area contributed by atoms with E-state index < -0.39 is 0 Å². The van der Waals surface area contributed by atoms with Crippen molar-refractivity contribution >= 4 is 11.7 Å². The average Bonchev–Trinajstić information content (AvgIpc) is 2.60. The van der Waals surface area contributed by atoms with Crippen LogP contribution in [0, 0.1) is 11.7 Å². The van der Waals surface area contributed by atoms with Gasteiger partial charge in [-0.1, -0.05) is 19.3 Å². The molecule has 1 aromatic carbocycles. The van der Waals surface area contributed by atoms with Crippen molar-refractivity contribution in [1.29, 1.82) is 0 Å². The lowest BCUT2D eigenvalue weighted by Gasteiger charge is -2.30. The van der Waals surface area contributed by atoms with E-state index in [-0.39, 0.29) is 43.0 Å². The standard InChI is InChI=1S/C19H26FNO3/c20-16-8-6-15(7-9-16)18(23)10-11-19(24)21-17(12-13-22)14-4-2-1-3-5-14/h6-9,14,17,22H,1-5,10-13H2,(H,21,24). The second kappa shape index (κ2) is 9.52. The van der Waals surface area contributed by atoms with Gasteiger partial charge in [0.25, 0.3) is 0 Å². The van der Waals surface area contributed by atoms with Crippen LogP contribution in [0.15, 0.2) is 24.3 Å². The van der Waals surface area contributed by atoms with Gasteiger partial charge in [0, 0.05) is 31.1 Å². The molecule has 1 atom stereocenters. The van der Waals surface area contributed by atoms with Gasteiger partial charge in [0.05, 0.1) is 0 Å². The Morgan fingerprint density at radius 2 is 1.79 bits per heavy atom. The summed E-state index contributed by atoms with van der Waals surface area (Å²) in [5.74, 6) is -0.290. The monoisotopic (exact) mass is 335 g/mol. The van der Waals surface area contributed by atoms with Gasteiger partial charge < -0.3 is 10.4 Å². The van der Waals surface area contributed by atoms with E-state index in [1.54, 1.807) is 0 Å². The van der Waals surface area contributed by atoms with Gasteiger partial charge in [-0.25, -0.2) is 4.39 Å². The molecule has 1 fully saturated rings. The van der Waals surface area contributed by atoms with Crippen LogP contribution >= 0.6 is 0 Å². The van der Waals surface area contributed by atoms with Gasteiger partial charge in [-0.3, -0.25) is 9.59 Å². The second-order valence-electron chi connectivity index (χ2n) is 6.51. The van der Waals surface area contributed by atoms with Crippen LogP contribution in [0.1, 0.15) is 61.7 Å². The third-order valence-electron chi connectivity index (χ3n) is 4.75. The van der Waals surface area contributed by atoms with Crippen LogP contribution in [0.3, 0.4) is 0 Å². The molecule has 1 aliphatic rings. The number of halogens is 1. The molecule has 0 aromatic heterocycles. The highest BCUT2D eigenvalue weighted by Gasteiger charge is 2.24. The number of amides is 1. The van der Waals surface area contributed by atoms with Crippen molar-refractivity contribution in [1.82, 2.24) is 5.32 Å².